The Morgan fingerprint density at radius 2 is 2.29 bits per heavy atom. The summed E-state index contributed by atoms with van der Waals surface area (Å²) in [4.78, 5) is 12.0. The van der Waals surface area contributed by atoms with E-state index in [2.05, 4.69) is 10.3 Å². The van der Waals surface area contributed by atoms with Crippen LogP contribution in [0.1, 0.15) is 24.3 Å². The predicted molar refractivity (Wildman–Crippen MR) is 77.4 cm³/mol. The minimum absolute atomic E-state index is 0.0155. The Hall–Kier alpha value is -1.77. The van der Waals surface area contributed by atoms with Crippen molar-refractivity contribution < 1.29 is 19.7 Å². The summed E-state index contributed by atoms with van der Waals surface area (Å²) in [6, 6.07) is 3.62. The summed E-state index contributed by atoms with van der Waals surface area (Å²) in [5.41, 5.74) is 0.288. The van der Waals surface area contributed by atoms with E-state index in [9.17, 15) is 15.0 Å². The molecule has 2 heterocycles. The lowest BCUT2D eigenvalue weighted by atomic mass is 10.2. The average Bonchev–Trinajstić information content (AvgIpc) is 3.04. The van der Waals surface area contributed by atoms with E-state index in [4.69, 9.17) is 4.74 Å². The van der Waals surface area contributed by atoms with Crippen LogP contribution >= 0.6 is 11.3 Å². The Morgan fingerprint density at radius 3 is 2.86 bits per heavy atom. The monoisotopic (exact) mass is 311 g/mol. The highest BCUT2D eigenvalue weighted by Gasteiger charge is 2.22. The third-order valence-electron chi connectivity index (χ3n) is 2.70. The first-order valence-corrected chi connectivity index (χ1v) is 7.37. The fraction of sp³-hybridized carbons (Fsp3) is 0.462. The molecule has 2 N–H and O–H groups in total. The van der Waals surface area contributed by atoms with Gasteiger partial charge in [-0.15, -0.1) is 16.4 Å². The molecule has 0 spiro atoms. The van der Waals surface area contributed by atoms with Crippen molar-refractivity contribution in [2.75, 3.05) is 6.61 Å². The number of aromatic nitrogens is 3. The molecule has 0 saturated heterocycles. The maximum atomic E-state index is 11.2. The van der Waals surface area contributed by atoms with Crippen LogP contribution in [-0.4, -0.2) is 50.0 Å². The molecule has 1 unspecified atom stereocenters. The van der Waals surface area contributed by atoms with Gasteiger partial charge in [0.1, 0.15) is 5.69 Å². The Bertz CT molecular complexity index is 595. The van der Waals surface area contributed by atoms with Gasteiger partial charge in [0.05, 0.1) is 30.2 Å². The fourth-order valence-electron chi connectivity index (χ4n) is 1.80. The van der Waals surface area contributed by atoms with Gasteiger partial charge < -0.3 is 14.9 Å². The van der Waals surface area contributed by atoms with Crippen molar-refractivity contribution in [3.8, 4) is 10.6 Å². The number of ether oxygens (including phenoxy) is 1. The number of thiophene rings is 1. The lowest BCUT2D eigenvalue weighted by molar-refractivity contribution is -0.00201. The molecule has 2 aromatic rings. The van der Waals surface area contributed by atoms with Crippen LogP contribution in [-0.2, 0) is 11.3 Å². The number of carbonyl (C=O) groups is 1. The third kappa shape index (κ3) is 3.87. The highest BCUT2D eigenvalue weighted by atomic mass is 32.1. The van der Waals surface area contributed by atoms with Gasteiger partial charge in [-0.3, -0.25) is 0 Å². The van der Waals surface area contributed by atoms with E-state index in [0.717, 1.165) is 4.88 Å². The van der Waals surface area contributed by atoms with E-state index in [1.54, 1.807) is 6.07 Å². The molecule has 8 heteroatoms. The normalized spacial score (nSPS) is 12.8. The van der Waals surface area contributed by atoms with Crippen molar-refractivity contribution in [3.05, 3.63) is 23.2 Å². The summed E-state index contributed by atoms with van der Waals surface area (Å²) >= 11 is 1.39. The Morgan fingerprint density at radius 1 is 1.52 bits per heavy atom. The second-order valence-corrected chi connectivity index (χ2v) is 5.73. The fourth-order valence-corrected chi connectivity index (χ4v) is 2.57. The minimum atomic E-state index is -1.14. The number of hydrogen-bond donors (Lipinski definition) is 2. The lowest BCUT2D eigenvalue weighted by Gasteiger charge is -2.14. The van der Waals surface area contributed by atoms with Gasteiger partial charge >= 0.3 is 5.97 Å². The molecule has 0 radical (unpaired) electrons. The molecule has 2 aromatic heterocycles. The number of carboxylic acids is 1. The molecule has 0 aliphatic heterocycles. The summed E-state index contributed by atoms with van der Waals surface area (Å²) in [6.07, 6.45) is -0.767. The molecule has 0 bridgehead atoms. The van der Waals surface area contributed by atoms with E-state index in [1.807, 2.05) is 25.3 Å². The van der Waals surface area contributed by atoms with Crippen LogP contribution in [0.5, 0.6) is 0 Å². The lowest BCUT2D eigenvalue weighted by Crippen LogP contribution is -2.24. The Balaban J connectivity index is 2.22. The molecule has 114 valence electrons. The van der Waals surface area contributed by atoms with Gasteiger partial charge in [0.2, 0.25) is 0 Å². The number of aliphatic hydroxyl groups excluding tert-OH is 1. The van der Waals surface area contributed by atoms with Crippen LogP contribution < -0.4 is 0 Å². The zero-order valence-corrected chi connectivity index (χ0v) is 12.6. The zero-order valence-electron chi connectivity index (χ0n) is 11.8. The van der Waals surface area contributed by atoms with Crippen LogP contribution in [0.25, 0.3) is 10.6 Å². The van der Waals surface area contributed by atoms with Crippen LogP contribution in [0.4, 0.5) is 0 Å². The van der Waals surface area contributed by atoms with Gasteiger partial charge in [0.15, 0.2) is 5.69 Å². The van der Waals surface area contributed by atoms with Crippen molar-refractivity contribution >= 4 is 17.3 Å². The first-order chi connectivity index (χ1) is 9.99. The van der Waals surface area contributed by atoms with E-state index in [-0.39, 0.29) is 24.9 Å². The van der Waals surface area contributed by atoms with Gasteiger partial charge in [-0.05, 0) is 25.3 Å². The van der Waals surface area contributed by atoms with Crippen molar-refractivity contribution in [2.45, 2.75) is 32.6 Å². The molecule has 21 heavy (non-hydrogen) atoms. The van der Waals surface area contributed by atoms with E-state index < -0.39 is 12.1 Å². The van der Waals surface area contributed by atoms with Crippen molar-refractivity contribution in [1.29, 1.82) is 0 Å². The van der Waals surface area contributed by atoms with E-state index >= 15 is 0 Å². The molecule has 0 amide bonds. The average molecular weight is 311 g/mol. The highest BCUT2D eigenvalue weighted by Crippen LogP contribution is 2.27. The second-order valence-electron chi connectivity index (χ2n) is 4.79. The maximum absolute atomic E-state index is 11.2. The Kier molecular flexibility index (Phi) is 5.05. The summed E-state index contributed by atoms with van der Waals surface area (Å²) < 4.78 is 6.74. The highest BCUT2D eigenvalue weighted by molar-refractivity contribution is 7.13. The molecule has 1 atom stereocenters. The predicted octanol–water partition coefficient (Wildman–Crippen LogP) is 1.49. The largest absolute Gasteiger partial charge is 0.476 e. The molecule has 7 nitrogen and oxygen atoms in total. The second kappa shape index (κ2) is 6.79. The zero-order chi connectivity index (χ0) is 15.4. The third-order valence-corrected chi connectivity index (χ3v) is 3.57. The number of nitrogens with zero attached hydrogens (tertiary/aromatic N) is 3. The van der Waals surface area contributed by atoms with Gasteiger partial charge in [-0.25, -0.2) is 9.48 Å². The first-order valence-electron chi connectivity index (χ1n) is 6.49. The standard InChI is InChI=1S/C13H17N3O4S/c1-8(2)20-7-9(17)6-16-12(10-4-3-5-21-10)11(13(18)19)14-15-16/h3-5,8-9,17H,6-7H2,1-2H3,(H,18,19). The Labute approximate surface area is 125 Å². The smallest absolute Gasteiger partial charge is 0.358 e. The van der Waals surface area contributed by atoms with Crippen molar-refractivity contribution in [3.63, 3.8) is 0 Å². The van der Waals surface area contributed by atoms with E-state index in [1.165, 1.54) is 16.0 Å². The SMILES string of the molecule is CC(C)OCC(O)Cn1nnc(C(=O)O)c1-c1cccs1. The quantitative estimate of drug-likeness (QED) is 0.804. The number of carboxylic acid groups (broad SMARTS) is 1. The van der Waals surface area contributed by atoms with Crippen molar-refractivity contribution in [1.82, 2.24) is 15.0 Å². The maximum Gasteiger partial charge on any atom is 0.358 e. The summed E-state index contributed by atoms with van der Waals surface area (Å²) in [5.74, 6) is -1.14. The van der Waals surface area contributed by atoms with E-state index in [0.29, 0.717) is 5.69 Å². The van der Waals surface area contributed by atoms with Crippen LogP contribution in [0.2, 0.25) is 0 Å². The first kappa shape index (κ1) is 15.6. The number of aliphatic hydroxyl groups is 1. The van der Waals surface area contributed by atoms with Gasteiger partial charge in [0.25, 0.3) is 0 Å². The molecular formula is C13H17N3O4S. The molecule has 0 saturated carbocycles. The number of hydrogen-bond acceptors (Lipinski definition) is 6. The van der Waals surface area contributed by atoms with Crippen LogP contribution in [0, 0.1) is 0 Å². The molecule has 0 aliphatic carbocycles. The van der Waals surface area contributed by atoms with Crippen LogP contribution in [0.15, 0.2) is 17.5 Å². The summed E-state index contributed by atoms with van der Waals surface area (Å²) in [6.45, 7) is 4.04. The molecule has 0 aliphatic rings. The molecule has 0 fully saturated rings. The summed E-state index contributed by atoms with van der Waals surface area (Å²) in [7, 11) is 0. The molecular weight excluding hydrogens is 294 g/mol. The minimum Gasteiger partial charge on any atom is -0.476 e. The number of rotatable bonds is 7. The molecule has 2 rings (SSSR count). The van der Waals surface area contributed by atoms with Gasteiger partial charge in [-0.1, -0.05) is 11.3 Å². The molecule has 0 aromatic carbocycles. The van der Waals surface area contributed by atoms with Gasteiger partial charge in [0, 0.05) is 0 Å². The number of aromatic carboxylic acids is 1. The van der Waals surface area contributed by atoms with Gasteiger partial charge in [-0.2, -0.15) is 0 Å². The topological polar surface area (TPSA) is 97.5 Å². The summed E-state index contributed by atoms with van der Waals surface area (Å²) in [5, 5.41) is 28.5. The van der Waals surface area contributed by atoms with Crippen LogP contribution in [0.3, 0.4) is 0 Å². The van der Waals surface area contributed by atoms with Crippen molar-refractivity contribution in [2.24, 2.45) is 0 Å².